The maximum atomic E-state index is 12.3. The lowest BCUT2D eigenvalue weighted by atomic mass is 10.4. The molecule has 2 aromatic heterocycles. The van der Waals surface area contributed by atoms with Crippen molar-refractivity contribution in [2.75, 3.05) is 0 Å². The number of aryl methyl sites for hydroxylation is 2. The van der Waals surface area contributed by atoms with Gasteiger partial charge in [0, 0.05) is 6.07 Å². The molecule has 0 radical (unpaired) electrons. The van der Waals surface area contributed by atoms with Gasteiger partial charge in [0.2, 0.25) is 0 Å². The highest BCUT2D eigenvalue weighted by molar-refractivity contribution is 7.90. The lowest BCUT2D eigenvalue weighted by Crippen LogP contribution is -2.33. The van der Waals surface area contributed by atoms with Gasteiger partial charge in [0.15, 0.2) is 0 Å². The molecule has 0 spiro atoms. The molecular formula is C14H13ClN5O3S+. The van der Waals surface area contributed by atoms with Gasteiger partial charge in [-0.3, -0.25) is 4.79 Å². The minimum Gasteiger partial charge on any atom is -0.263 e. The van der Waals surface area contributed by atoms with Crippen molar-refractivity contribution in [1.82, 2.24) is 19.8 Å². The number of amides is 1. The standard InChI is InChI=1S/C14H12ClN5O3S/c1-8-7-9(2)20-14(16-8)17-12(18-20)13(21)19-24(22,23)11-6-4-3-5-10(11)15/h3-7H,1-2H3,(H,19,21)/p+1. The molecule has 0 aliphatic rings. The summed E-state index contributed by atoms with van der Waals surface area (Å²) in [7, 11) is -4.12. The summed E-state index contributed by atoms with van der Waals surface area (Å²) in [6.45, 7) is 3.60. The average molecular weight is 367 g/mol. The third-order valence-corrected chi connectivity index (χ3v) is 5.08. The Labute approximate surface area is 142 Å². The predicted molar refractivity (Wildman–Crippen MR) is 85.1 cm³/mol. The van der Waals surface area contributed by atoms with Gasteiger partial charge in [0.1, 0.15) is 16.3 Å². The van der Waals surface area contributed by atoms with Gasteiger partial charge in [-0.25, -0.2) is 18.2 Å². The minimum atomic E-state index is -4.12. The number of sulfonamides is 1. The molecular weight excluding hydrogens is 354 g/mol. The molecule has 0 saturated heterocycles. The van der Waals surface area contributed by atoms with E-state index in [1.54, 1.807) is 19.1 Å². The number of rotatable bonds is 3. The van der Waals surface area contributed by atoms with Crippen molar-refractivity contribution in [1.29, 1.82) is 0 Å². The summed E-state index contributed by atoms with van der Waals surface area (Å²) < 4.78 is 28.0. The largest absolute Gasteiger partial charge is 0.457 e. The number of fused-ring (bicyclic) bond motifs is 1. The second-order valence-electron chi connectivity index (χ2n) is 5.11. The summed E-state index contributed by atoms with van der Waals surface area (Å²) in [5.41, 5.74) is 1.51. The third-order valence-electron chi connectivity index (χ3n) is 3.24. The molecule has 3 aromatic rings. The van der Waals surface area contributed by atoms with Gasteiger partial charge in [-0.15, -0.1) is 4.52 Å². The molecule has 0 aliphatic carbocycles. The van der Waals surface area contributed by atoms with E-state index in [0.29, 0.717) is 0 Å². The van der Waals surface area contributed by atoms with Crippen LogP contribution in [0.3, 0.4) is 0 Å². The smallest absolute Gasteiger partial charge is 0.263 e. The summed E-state index contributed by atoms with van der Waals surface area (Å²) in [6, 6.07) is 7.63. The van der Waals surface area contributed by atoms with Crippen molar-refractivity contribution in [3.8, 4) is 0 Å². The van der Waals surface area contributed by atoms with E-state index < -0.39 is 15.9 Å². The summed E-state index contributed by atoms with van der Waals surface area (Å²) >= 11 is 5.87. The van der Waals surface area contributed by atoms with Gasteiger partial charge < -0.3 is 0 Å². The van der Waals surface area contributed by atoms with E-state index >= 15 is 0 Å². The number of hydrogen-bond donors (Lipinski definition) is 2. The molecule has 0 fully saturated rings. The quantitative estimate of drug-likeness (QED) is 0.670. The van der Waals surface area contributed by atoms with Crippen LogP contribution < -0.4 is 9.24 Å². The number of carbonyl (C=O) groups excluding carboxylic acids is 1. The van der Waals surface area contributed by atoms with Crippen LogP contribution in [0.1, 0.15) is 22.0 Å². The maximum absolute atomic E-state index is 12.3. The van der Waals surface area contributed by atoms with Crippen molar-refractivity contribution in [2.24, 2.45) is 0 Å². The monoisotopic (exact) mass is 366 g/mol. The Morgan fingerprint density at radius 3 is 2.67 bits per heavy atom. The lowest BCUT2D eigenvalue weighted by Gasteiger charge is -2.05. The zero-order valence-electron chi connectivity index (χ0n) is 12.7. The number of nitrogens with one attached hydrogen (secondary N) is 2. The molecule has 0 unspecified atom stereocenters. The predicted octanol–water partition coefficient (Wildman–Crippen LogP) is 0.932. The van der Waals surface area contributed by atoms with Crippen LogP contribution in [0, 0.1) is 13.8 Å². The van der Waals surface area contributed by atoms with E-state index in [0.717, 1.165) is 11.4 Å². The topological polar surface area (TPSA) is 109 Å². The number of halogens is 1. The normalized spacial score (nSPS) is 11.6. The maximum Gasteiger partial charge on any atom is 0.457 e. The molecule has 3 rings (SSSR count). The molecule has 0 bridgehead atoms. The molecule has 0 saturated carbocycles. The first-order valence-electron chi connectivity index (χ1n) is 6.85. The van der Waals surface area contributed by atoms with Crippen LogP contribution in [0.15, 0.2) is 35.2 Å². The van der Waals surface area contributed by atoms with Crippen molar-refractivity contribution < 1.29 is 17.7 Å². The van der Waals surface area contributed by atoms with Crippen molar-refractivity contribution in [2.45, 2.75) is 18.7 Å². The van der Waals surface area contributed by atoms with Crippen LogP contribution in [0.5, 0.6) is 0 Å². The Balaban J connectivity index is 1.96. The van der Waals surface area contributed by atoms with Crippen molar-refractivity contribution >= 4 is 33.3 Å². The molecule has 10 heteroatoms. The second kappa shape index (κ2) is 5.84. The zero-order valence-corrected chi connectivity index (χ0v) is 14.3. The summed E-state index contributed by atoms with van der Waals surface area (Å²) in [5, 5.41) is 2.73. The number of aromatic nitrogens is 4. The minimum absolute atomic E-state index is 0.0184. The van der Waals surface area contributed by atoms with Crippen LogP contribution in [0.25, 0.3) is 5.78 Å². The van der Waals surface area contributed by atoms with Crippen LogP contribution in [0.4, 0.5) is 0 Å². The van der Waals surface area contributed by atoms with Gasteiger partial charge >= 0.3 is 17.5 Å². The van der Waals surface area contributed by atoms with E-state index in [4.69, 9.17) is 11.6 Å². The van der Waals surface area contributed by atoms with E-state index in [1.165, 1.54) is 22.7 Å². The van der Waals surface area contributed by atoms with Crippen LogP contribution in [-0.4, -0.2) is 29.4 Å². The Morgan fingerprint density at radius 2 is 1.96 bits per heavy atom. The molecule has 24 heavy (non-hydrogen) atoms. The fourth-order valence-corrected chi connectivity index (χ4v) is 3.67. The molecule has 124 valence electrons. The molecule has 2 heterocycles. The van der Waals surface area contributed by atoms with Crippen LogP contribution in [-0.2, 0) is 10.0 Å². The van der Waals surface area contributed by atoms with E-state index in [1.807, 2.05) is 11.6 Å². The molecule has 1 aromatic carbocycles. The number of H-pyrrole nitrogens is 1. The number of nitrogens with zero attached hydrogens (tertiary/aromatic N) is 3. The molecule has 8 nitrogen and oxygen atoms in total. The number of carbonyl (C=O) groups is 1. The molecule has 0 atom stereocenters. The summed E-state index contributed by atoms with van der Waals surface area (Å²) in [5.74, 6) is -0.808. The highest BCUT2D eigenvalue weighted by atomic mass is 35.5. The first-order chi connectivity index (χ1) is 11.3. The van der Waals surface area contributed by atoms with Crippen molar-refractivity contribution in [3.63, 3.8) is 0 Å². The van der Waals surface area contributed by atoms with Gasteiger partial charge in [0.25, 0.3) is 10.0 Å². The number of hydrogen-bond acceptors (Lipinski definition) is 5. The Kier molecular flexibility index (Phi) is 3.98. The van der Waals surface area contributed by atoms with Crippen LogP contribution >= 0.6 is 11.6 Å². The first kappa shape index (κ1) is 16.3. The average Bonchev–Trinajstić information content (AvgIpc) is 2.91. The van der Waals surface area contributed by atoms with Gasteiger partial charge in [-0.1, -0.05) is 28.7 Å². The Bertz CT molecular complexity index is 1060. The van der Waals surface area contributed by atoms with Gasteiger partial charge in [-0.2, -0.15) is 0 Å². The molecule has 0 aliphatic heterocycles. The van der Waals surface area contributed by atoms with E-state index in [9.17, 15) is 13.2 Å². The fraction of sp³-hybridized carbons (Fsp3) is 0.143. The first-order valence-corrected chi connectivity index (χ1v) is 8.72. The number of benzene rings is 1. The lowest BCUT2D eigenvalue weighted by molar-refractivity contribution is -0.587. The summed E-state index contributed by atoms with van der Waals surface area (Å²) in [6.07, 6.45) is 0. The SMILES string of the molecule is Cc1cc(C)[n+]2[nH]c(C(=O)NS(=O)(=O)c3ccccc3Cl)nc2n1. The van der Waals surface area contributed by atoms with Crippen LogP contribution in [0.2, 0.25) is 5.02 Å². The zero-order chi connectivity index (χ0) is 17.5. The fourth-order valence-electron chi connectivity index (χ4n) is 2.20. The highest BCUT2D eigenvalue weighted by Gasteiger charge is 2.27. The number of aromatic amines is 1. The van der Waals surface area contributed by atoms with E-state index in [2.05, 4.69) is 15.1 Å². The third kappa shape index (κ3) is 2.95. The van der Waals surface area contributed by atoms with Gasteiger partial charge in [0.05, 0.1) is 5.02 Å². The highest BCUT2D eigenvalue weighted by Crippen LogP contribution is 2.20. The van der Waals surface area contributed by atoms with Gasteiger partial charge in [-0.05, 0) is 31.0 Å². The second-order valence-corrected chi connectivity index (χ2v) is 7.17. The Morgan fingerprint density at radius 1 is 1.25 bits per heavy atom. The Hall–Kier alpha value is -2.52. The van der Waals surface area contributed by atoms with Crippen molar-refractivity contribution in [3.05, 3.63) is 52.6 Å². The van der Waals surface area contributed by atoms with E-state index in [-0.39, 0.29) is 21.5 Å². The molecule has 2 N–H and O–H groups in total. The summed E-state index contributed by atoms with van der Waals surface area (Å²) in [4.78, 5) is 20.3. The molecule has 1 amide bonds.